The van der Waals surface area contributed by atoms with Gasteiger partial charge in [-0.15, -0.1) is 0 Å². The number of nitrogens with zero attached hydrogens (tertiary/aromatic N) is 4. The van der Waals surface area contributed by atoms with Crippen molar-refractivity contribution in [2.75, 3.05) is 9.80 Å². The highest BCUT2D eigenvalue weighted by molar-refractivity contribution is 8.03. The summed E-state index contributed by atoms with van der Waals surface area (Å²) in [6, 6.07) is 26.7. The van der Waals surface area contributed by atoms with Gasteiger partial charge in [-0.1, -0.05) is 71.9 Å². The first-order chi connectivity index (χ1) is 17.0. The van der Waals surface area contributed by atoms with Crippen LogP contribution in [-0.2, 0) is 16.8 Å². The number of anilines is 2. The molecule has 168 valence electrons. The van der Waals surface area contributed by atoms with E-state index in [4.69, 9.17) is 17.3 Å². The highest BCUT2D eigenvalue weighted by Gasteiger charge is 2.61. The number of nitriles is 2. The van der Waals surface area contributed by atoms with Gasteiger partial charge >= 0.3 is 0 Å². The molecule has 35 heavy (non-hydrogen) atoms. The Morgan fingerprint density at radius 2 is 1.57 bits per heavy atom. The Hall–Kier alpha value is -4.17. The van der Waals surface area contributed by atoms with Gasteiger partial charge in [0.1, 0.15) is 16.9 Å². The molecule has 0 saturated carbocycles. The molecule has 8 heteroatoms. The van der Waals surface area contributed by atoms with E-state index in [9.17, 15) is 15.3 Å². The second-order valence-corrected chi connectivity index (χ2v) is 9.76. The maximum atomic E-state index is 14.4. The van der Waals surface area contributed by atoms with Crippen LogP contribution < -0.4 is 15.5 Å². The zero-order chi connectivity index (χ0) is 24.3. The van der Waals surface area contributed by atoms with E-state index in [1.807, 2.05) is 54.6 Å². The Bertz CT molecular complexity index is 1600. The van der Waals surface area contributed by atoms with Crippen LogP contribution in [0.25, 0.3) is 0 Å². The molecule has 1 amide bonds. The first kappa shape index (κ1) is 21.4. The first-order valence-corrected chi connectivity index (χ1v) is 12.0. The number of hydrogen-bond acceptors (Lipinski definition) is 6. The van der Waals surface area contributed by atoms with Crippen molar-refractivity contribution in [1.82, 2.24) is 0 Å². The maximum absolute atomic E-state index is 14.4. The number of amides is 1. The number of carbonyl (C=O) groups excluding carboxylic acids is 1. The molecular formula is C27H16ClN5OS. The van der Waals surface area contributed by atoms with Gasteiger partial charge in [0.25, 0.3) is 0 Å². The summed E-state index contributed by atoms with van der Waals surface area (Å²) < 4.78 is 0. The molecule has 6 rings (SSSR count). The molecule has 0 aromatic heterocycles. The second kappa shape index (κ2) is 7.68. The summed E-state index contributed by atoms with van der Waals surface area (Å²) in [7, 11) is 0. The normalized spacial score (nSPS) is 20.0. The minimum Gasteiger partial charge on any atom is -0.384 e. The Morgan fingerprint density at radius 1 is 0.914 bits per heavy atom. The number of carbonyl (C=O) groups is 1. The Labute approximate surface area is 211 Å². The van der Waals surface area contributed by atoms with Gasteiger partial charge in [0, 0.05) is 21.2 Å². The lowest BCUT2D eigenvalue weighted by Gasteiger charge is -2.37. The number of hydrogen-bond donors (Lipinski definition) is 1. The van der Waals surface area contributed by atoms with Gasteiger partial charge in [0.05, 0.1) is 29.4 Å². The van der Waals surface area contributed by atoms with E-state index in [0.717, 1.165) is 16.1 Å². The van der Waals surface area contributed by atoms with Crippen LogP contribution in [0, 0.1) is 22.7 Å². The standard InChI is InChI=1S/C27H16ClN5OS/c28-20-9-3-1-7-16(20)15-32-21-10-4-2-8-17(21)27(26(32)34)18(13-29)24(31)33-22-11-5-6-12-23(22)35-25(33)19(27)14-30/h1-12H,15,31H2/t27-/m0/s1. The minimum atomic E-state index is -1.63. The molecule has 0 radical (unpaired) electrons. The van der Waals surface area contributed by atoms with E-state index in [1.54, 1.807) is 28.0 Å². The molecule has 0 unspecified atom stereocenters. The lowest BCUT2D eigenvalue weighted by atomic mass is 9.68. The highest BCUT2D eigenvalue weighted by atomic mass is 35.5. The fraction of sp³-hybridized carbons (Fsp3) is 0.0741. The van der Waals surface area contributed by atoms with Crippen molar-refractivity contribution in [3.05, 3.63) is 111 Å². The van der Waals surface area contributed by atoms with Crippen LogP contribution >= 0.6 is 23.4 Å². The molecule has 3 aliphatic rings. The van der Waals surface area contributed by atoms with E-state index in [2.05, 4.69) is 12.1 Å². The summed E-state index contributed by atoms with van der Waals surface area (Å²) in [5.74, 6) is -0.236. The van der Waals surface area contributed by atoms with Crippen molar-refractivity contribution < 1.29 is 4.79 Å². The van der Waals surface area contributed by atoms with Crippen molar-refractivity contribution in [2.24, 2.45) is 5.73 Å². The number of thioether (sulfide) groups is 1. The van der Waals surface area contributed by atoms with Gasteiger partial charge in [0.15, 0.2) is 5.41 Å². The molecule has 3 aliphatic heterocycles. The Kier molecular flexibility index (Phi) is 4.69. The van der Waals surface area contributed by atoms with Crippen molar-refractivity contribution in [3.63, 3.8) is 0 Å². The summed E-state index contributed by atoms with van der Waals surface area (Å²) in [4.78, 5) is 18.6. The third kappa shape index (κ3) is 2.68. The molecule has 2 N–H and O–H groups in total. The van der Waals surface area contributed by atoms with Gasteiger partial charge in [-0.2, -0.15) is 10.5 Å². The summed E-state index contributed by atoms with van der Waals surface area (Å²) in [6.07, 6.45) is 0. The lowest BCUT2D eigenvalue weighted by Crippen LogP contribution is -2.48. The molecule has 0 aliphatic carbocycles. The Morgan fingerprint density at radius 3 is 2.31 bits per heavy atom. The Balaban J connectivity index is 1.63. The summed E-state index contributed by atoms with van der Waals surface area (Å²) in [6.45, 7) is 0.195. The van der Waals surface area contributed by atoms with Crippen LogP contribution in [0.1, 0.15) is 11.1 Å². The SMILES string of the molecule is N#CC1=C(N)N2C(=C(C#N)[C@@]13C(=O)N(Cc1ccccc1Cl)c1ccccc13)Sc1ccccc12. The average molecular weight is 494 g/mol. The number of fused-ring (bicyclic) bond motifs is 5. The van der Waals surface area contributed by atoms with Gasteiger partial charge in [-0.25, -0.2) is 0 Å². The maximum Gasteiger partial charge on any atom is 0.248 e. The molecule has 1 spiro atoms. The second-order valence-electron chi connectivity index (χ2n) is 8.32. The van der Waals surface area contributed by atoms with Crippen LogP contribution in [0.5, 0.6) is 0 Å². The van der Waals surface area contributed by atoms with Gasteiger partial charge < -0.3 is 10.6 Å². The fourth-order valence-corrected chi connectivity index (χ4v) is 6.54. The zero-order valence-corrected chi connectivity index (χ0v) is 19.8. The number of halogens is 1. The third-order valence-corrected chi connectivity index (χ3v) is 8.17. The minimum absolute atomic E-state index is 0.0502. The van der Waals surface area contributed by atoms with Gasteiger partial charge in [-0.3, -0.25) is 9.69 Å². The quantitative estimate of drug-likeness (QED) is 0.528. The lowest BCUT2D eigenvalue weighted by molar-refractivity contribution is -0.120. The van der Waals surface area contributed by atoms with E-state index < -0.39 is 11.3 Å². The van der Waals surface area contributed by atoms with Gasteiger partial charge in [-0.05, 0) is 29.8 Å². The first-order valence-electron chi connectivity index (χ1n) is 10.8. The molecule has 3 heterocycles. The van der Waals surface area contributed by atoms with E-state index in [0.29, 0.717) is 21.3 Å². The predicted molar refractivity (Wildman–Crippen MR) is 135 cm³/mol. The summed E-state index contributed by atoms with van der Waals surface area (Å²) in [5.41, 5.74) is 7.99. The number of rotatable bonds is 2. The van der Waals surface area contributed by atoms with Crippen LogP contribution in [0.2, 0.25) is 5.02 Å². The highest BCUT2D eigenvalue weighted by Crippen LogP contribution is 2.60. The van der Waals surface area contributed by atoms with Crippen LogP contribution in [0.3, 0.4) is 0 Å². The topological polar surface area (TPSA) is 97.1 Å². The zero-order valence-electron chi connectivity index (χ0n) is 18.2. The molecule has 0 saturated heterocycles. The third-order valence-electron chi connectivity index (χ3n) is 6.65. The van der Waals surface area contributed by atoms with E-state index >= 15 is 0 Å². The monoisotopic (exact) mass is 493 g/mol. The molecule has 0 fully saturated rings. The molecule has 0 bridgehead atoms. The van der Waals surface area contributed by atoms with E-state index in [1.165, 1.54) is 11.8 Å². The van der Waals surface area contributed by atoms with Gasteiger partial charge in [0.2, 0.25) is 5.91 Å². The van der Waals surface area contributed by atoms with Crippen LogP contribution in [0.4, 0.5) is 11.4 Å². The number of benzene rings is 3. The smallest absolute Gasteiger partial charge is 0.248 e. The summed E-state index contributed by atoms with van der Waals surface area (Å²) >= 11 is 7.80. The van der Waals surface area contributed by atoms with Crippen LogP contribution in [0.15, 0.2) is 99.7 Å². The van der Waals surface area contributed by atoms with Crippen molar-refractivity contribution >= 4 is 40.6 Å². The average Bonchev–Trinajstić information content (AvgIpc) is 3.37. The van der Waals surface area contributed by atoms with Crippen molar-refractivity contribution in [2.45, 2.75) is 16.9 Å². The fourth-order valence-electron chi connectivity index (χ4n) is 5.14. The molecule has 3 aromatic rings. The number of para-hydroxylation sites is 2. The molecule has 6 nitrogen and oxygen atoms in total. The van der Waals surface area contributed by atoms with Crippen molar-refractivity contribution in [1.29, 1.82) is 10.5 Å². The van der Waals surface area contributed by atoms with Crippen molar-refractivity contribution in [3.8, 4) is 12.1 Å². The largest absolute Gasteiger partial charge is 0.384 e. The predicted octanol–water partition coefficient (Wildman–Crippen LogP) is 5.18. The van der Waals surface area contributed by atoms with E-state index in [-0.39, 0.29) is 23.5 Å². The number of nitrogens with two attached hydrogens (primary N) is 1. The summed E-state index contributed by atoms with van der Waals surface area (Å²) in [5, 5.41) is 22.0. The molecule has 1 atom stereocenters. The molecular weight excluding hydrogens is 478 g/mol. The molecule has 3 aromatic carbocycles. The van der Waals surface area contributed by atoms with Crippen LogP contribution in [-0.4, -0.2) is 5.91 Å².